The molecule has 1 heterocycles. The average Bonchev–Trinajstić information content (AvgIpc) is 3.06. The van der Waals surface area contributed by atoms with Gasteiger partial charge in [0.1, 0.15) is 22.8 Å². The van der Waals surface area contributed by atoms with Crippen molar-refractivity contribution in [3.63, 3.8) is 0 Å². The van der Waals surface area contributed by atoms with E-state index in [-0.39, 0.29) is 11.9 Å². The monoisotopic (exact) mass is 339 g/mol. The van der Waals surface area contributed by atoms with Crippen molar-refractivity contribution in [1.82, 2.24) is 5.32 Å². The number of benzene rings is 2. The smallest absolute Gasteiger partial charge is 0.261 e. The molecule has 0 saturated carbocycles. The molecule has 1 N–H and O–H groups in total. The molecule has 1 aromatic heterocycles. The van der Waals surface area contributed by atoms with Gasteiger partial charge in [0, 0.05) is 5.39 Å². The molecular formula is C20H21NO4. The molecule has 0 radical (unpaired) electrons. The van der Waals surface area contributed by atoms with E-state index in [9.17, 15) is 4.79 Å². The predicted octanol–water partition coefficient (Wildman–Crippen LogP) is 4.09. The number of ether oxygens (including phenoxy) is 2. The van der Waals surface area contributed by atoms with Crippen molar-refractivity contribution < 1.29 is 18.7 Å². The molecule has 2 atom stereocenters. The molecule has 0 aliphatic rings. The molecule has 25 heavy (non-hydrogen) atoms. The van der Waals surface area contributed by atoms with Crippen LogP contribution < -0.4 is 14.8 Å². The maximum Gasteiger partial charge on any atom is 0.261 e. The van der Waals surface area contributed by atoms with Gasteiger partial charge in [0.15, 0.2) is 6.10 Å². The first-order valence-electron chi connectivity index (χ1n) is 8.16. The maximum atomic E-state index is 12.4. The van der Waals surface area contributed by atoms with Gasteiger partial charge in [-0.05, 0) is 50.2 Å². The van der Waals surface area contributed by atoms with Crippen molar-refractivity contribution in [2.24, 2.45) is 0 Å². The maximum absolute atomic E-state index is 12.4. The van der Waals surface area contributed by atoms with Crippen molar-refractivity contribution >= 4 is 16.9 Å². The molecule has 0 saturated heterocycles. The van der Waals surface area contributed by atoms with Gasteiger partial charge in [-0.1, -0.05) is 18.2 Å². The van der Waals surface area contributed by atoms with Gasteiger partial charge in [0.2, 0.25) is 0 Å². The first kappa shape index (κ1) is 16.9. The number of furan rings is 1. The number of hydrogen-bond acceptors (Lipinski definition) is 4. The van der Waals surface area contributed by atoms with Gasteiger partial charge in [-0.2, -0.15) is 0 Å². The van der Waals surface area contributed by atoms with E-state index in [1.807, 2.05) is 37.3 Å². The van der Waals surface area contributed by atoms with E-state index in [0.717, 1.165) is 16.7 Å². The Morgan fingerprint density at radius 2 is 1.72 bits per heavy atom. The lowest BCUT2D eigenvalue weighted by molar-refractivity contribution is -0.128. The fourth-order valence-electron chi connectivity index (χ4n) is 2.53. The molecular weight excluding hydrogens is 318 g/mol. The third-order valence-electron chi connectivity index (χ3n) is 3.97. The van der Waals surface area contributed by atoms with Gasteiger partial charge < -0.3 is 19.2 Å². The Bertz CT molecular complexity index is 821. The molecule has 0 aliphatic carbocycles. The number of hydrogen-bond donors (Lipinski definition) is 1. The molecule has 1 amide bonds. The highest BCUT2D eigenvalue weighted by Crippen LogP contribution is 2.24. The molecule has 3 aromatic rings. The minimum Gasteiger partial charge on any atom is -0.497 e. The number of rotatable bonds is 6. The van der Waals surface area contributed by atoms with E-state index in [1.165, 1.54) is 0 Å². The van der Waals surface area contributed by atoms with Crippen LogP contribution in [0.2, 0.25) is 0 Å². The van der Waals surface area contributed by atoms with E-state index in [0.29, 0.717) is 11.5 Å². The van der Waals surface area contributed by atoms with Gasteiger partial charge >= 0.3 is 0 Å². The molecule has 5 nitrogen and oxygen atoms in total. The summed E-state index contributed by atoms with van der Waals surface area (Å²) in [5, 5.41) is 3.93. The summed E-state index contributed by atoms with van der Waals surface area (Å²) in [7, 11) is 1.60. The van der Waals surface area contributed by atoms with Crippen LogP contribution in [0.1, 0.15) is 25.6 Å². The van der Waals surface area contributed by atoms with Crippen LogP contribution in [0.3, 0.4) is 0 Å². The third kappa shape index (κ3) is 3.94. The number of methoxy groups -OCH3 is 1. The summed E-state index contributed by atoms with van der Waals surface area (Å²) in [5.41, 5.74) is 0.807. The van der Waals surface area contributed by atoms with Crippen LogP contribution >= 0.6 is 0 Å². The summed E-state index contributed by atoms with van der Waals surface area (Å²) < 4.78 is 16.6. The first-order valence-corrected chi connectivity index (χ1v) is 8.16. The van der Waals surface area contributed by atoms with Crippen LogP contribution in [0.25, 0.3) is 11.0 Å². The summed E-state index contributed by atoms with van der Waals surface area (Å²) in [6.45, 7) is 3.60. The quantitative estimate of drug-likeness (QED) is 0.735. The van der Waals surface area contributed by atoms with Crippen molar-refractivity contribution in [2.45, 2.75) is 26.0 Å². The van der Waals surface area contributed by atoms with Crippen molar-refractivity contribution in [2.75, 3.05) is 7.11 Å². The van der Waals surface area contributed by atoms with Crippen LogP contribution in [-0.4, -0.2) is 19.1 Å². The van der Waals surface area contributed by atoms with Gasteiger partial charge in [0.05, 0.1) is 13.2 Å². The molecule has 0 aliphatic heterocycles. The first-order chi connectivity index (χ1) is 12.1. The highest BCUT2D eigenvalue weighted by atomic mass is 16.5. The lowest BCUT2D eigenvalue weighted by Gasteiger charge is -2.17. The molecule has 2 unspecified atom stereocenters. The Hall–Kier alpha value is -2.95. The fourth-order valence-corrected chi connectivity index (χ4v) is 2.53. The molecule has 0 bridgehead atoms. The van der Waals surface area contributed by atoms with Crippen molar-refractivity contribution in [3.05, 3.63) is 60.4 Å². The Labute approximate surface area is 146 Å². The van der Waals surface area contributed by atoms with E-state index in [2.05, 4.69) is 5.32 Å². The number of carbonyl (C=O) groups is 1. The highest BCUT2D eigenvalue weighted by Gasteiger charge is 2.19. The summed E-state index contributed by atoms with van der Waals surface area (Å²) >= 11 is 0. The zero-order chi connectivity index (χ0) is 17.8. The number of fused-ring (bicyclic) bond motifs is 1. The van der Waals surface area contributed by atoms with Crippen LogP contribution in [0.4, 0.5) is 0 Å². The lowest BCUT2D eigenvalue weighted by Crippen LogP contribution is -2.37. The molecule has 130 valence electrons. The lowest BCUT2D eigenvalue weighted by atomic mass is 10.2. The van der Waals surface area contributed by atoms with Crippen LogP contribution in [0.15, 0.2) is 59.0 Å². The van der Waals surface area contributed by atoms with Gasteiger partial charge in [-0.25, -0.2) is 0 Å². The Morgan fingerprint density at radius 3 is 2.40 bits per heavy atom. The SMILES string of the molecule is COc1ccc(OC(C)C(=O)NC(C)c2cc3ccccc3o2)cc1. The van der Waals surface area contributed by atoms with Crippen molar-refractivity contribution in [1.29, 1.82) is 0 Å². The third-order valence-corrected chi connectivity index (χ3v) is 3.97. The Morgan fingerprint density at radius 1 is 1.04 bits per heavy atom. The van der Waals surface area contributed by atoms with E-state index in [1.54, 1.807) is 38.3 Å². The number of amides is 1. The molecule has 5 heteroatoms. The second-order valence-electron chi connectivity index (χ2n) is 5.85. The Kier molecular flexibility index (Phi) is 4.93. The standard InChI is InChI=1S/C20H21NO4/c1-13(19-12-15-6-4-5-7-18(15)25-19)21-20(22)14(2)24-17-10-8-16(23-3)9-11-17/h4-14H,1-3H3,(H,21,22). The second-order valence-corrected chi connectivity index (χ2v) is 5.85. The number of carbonyl (C=O) groups excluding carboxylic acids is 1. The van der Waals surface area contributed by atoms with E-state index < -0.39 is 6.10 Å². The van der Waals surface area contributed by atoms with E-state index in [4.69, 9.17) is 13.9 Å². The number of para-hydroxylation sites is 1. The average molecular weight is 339 g/mol. The second kappa shape index (κ2) is 7.30. The summed E-state index contributed by atoms with van der Waals surface area (Å²) in [6.07, 6.45) is -0.625. The minimum atomic E-state index is -0.625. The molecule has 0 fully saturated rings. The minimum absolute atomic E-state index is 0.205. The molecule has 0 spiro atoms. The summed E-state index contributed by atoms with van der Waals surface area (Å²) in [4.78, 5) is 12.4. The van der Waals surface area contributed by atoms with Crippen molar-refractivity contribution in [3.8, 4) is 11.5 Å². The highest BCUT2D eigenvalue weighted by molar-refractivity contribution is 5.82. The zero-order valence-electron chi connectivity index (χ0n) is 14.5. The fraction of sp³-hybridized carbons (Fsp3) is 0.250. The molecule has 2 aromatic carbocycles. The predicted molar refractivity (Wildman–Crippen MR) is 95.9 cm³/mol. The van der Waals surface area contributed by atoms with Gasteiger partial charge in [-0.15, -0.1) is 0 Å². The van der Waals surface area contributed by atoms with Crippen LogP contribution in [0, 0.1) is 0 Å². The zero-order valence-corrected chi connectivity index (χ0v) is 14.5. The van der Waals surface area contributed by atoms with Crippen LogP contribution in [-0.2, 0) is 4.79 Å². The van der Waals surface area contributed by atoms with E-state index >= 15 is 0 Å². The van der Waals surface area contributed by atoms with Gasteiger partial charge in [0.25, 0.3) is 5.91 Å². The van der Waals surface area contributed by atoms with Crippen LogP contribution in [0.5, 0.6) is 11.5 Å². The largest absolute Gasteiger partial charge is 0.497 e. The normalized spacial score (nSPS) is 13.2. The van der Waals surface area contributed by atoms with Gasteiger partial charge in [-0.3, -0.25) is 4.79 Å². The Balaban J connectivity index is 1.61. The number of nitrogens with one attached hydrogen (secondary N) is 1. The topological polar surface area (TPSA) is 60.7 Å². The summed E-state index contributed by atoms with van der Waals surface area (Å²) in [5.74, 6) is 1.86. The molecule has 3 rings (SSSR count). The summed E-state index contributed by atoms with van der Waals surface area (Å²) in [6, 6.07) is 16.6.